The summed E-state index contributed by atoms with van der Waals surface area (Å²) in [5.41, 5.74) is 5.67. The van der Waals surface area contributed by atoms with Crippen molar-refractivity contribution in [3.05, 3.63) is 59.8 Å². The van der Waals surface area contributed by atoms with Crippen molar-refractivity contribution < 1.29 is 0 Å². The molecule has 0 unspecified atom stereocenters. The third kappa shape index (κ3) is 2.18. The Labute approximate surface area is 129 Å². The summed E-state index contributed by atoms with van der Waals surface area (Å²) in [5.74, 6) is 0. The van der Waals surface area contributed by atoms with Crippen LogP contribution >= 0.6 is 0 Å². The van der Waals surface area contributed by atoms with E-state index in [9.17, 15) is 0 Å². The van der Waals surface area contributed by atoms with Crippen LogP contribution in [0.4, 0.5) is 0 Å². The van der Waals surface area contributed by atoms with Crippen LogP contribution in [0.1, 0.15) is 11.3 Å². The van der Waals surface area contributed by atoms with Gasteiger partial charge in [-0.3, -0.25) is 0 Å². The number of nitrogens with zero attached hydrogens (tertiary/aromatic N) is 2. The fraction of sp³-hybridized carbons (Fsp3) is 0.211. The van der Waals surface area contributed by atoms with Crippen LogP contribution in [0.15, 0.2) is 48.5 Å². The quantitative estimate of drug-likeness (QED) is 0.746. The van der Waals surface area contributed by atoms with E-state index in [0.717, 1.165) is 31.6 Å². The molecule has 2 aromatic carbocycles. The van der Waals surface area contributed by atoms with Crippen LogP contribution in [-0.4, -0.2) is 17.7 Å². The Kier molecular flexibility index (Phi) is 3.17. The molecule has 3 aromatic rings. The Balaban J connectivity index is 1.86. The zero-order valence-corrected chi connectivity index (χ0v) is 12.3. The molecule has 0 fully saturated rings. The average molecular weight is 287 g/mol. The van der Waals surface area contributed by atoms with E-state index in [1.165, 1.54) is 22.2 Å². The molecule has 0 amide bonds. The zero-order valence-electron chi connectivity index (χ0n) is 12.3. The summed E-state index contributed by atoms with van der Waals surface area (Å²) in [4.78, 5) is 0. The van der Waals surface area contributed by atoms with Gasteiger partial charge in [-0.15, -0.1) is 0 Å². The van der Waals surface area contributed by atoms with Crippen molar-refractivity contribution in [1.29, 1.82) is 5.26 Å². The van der Waals surface area contributed by atoms with E-state index in [-0.39, 0.29) is 0 Å². The SMILES string of the molecule is N#Cc1cccc(-c2ccc3cc4n(c3c2)CCNCC4)c1. The second kappa shape index (κ2) is 5.32. The van der Waals surface area contributed by atoms with Crippen LogP contribution < -0.4 is 5.32 Å². The lowest BCUT2D eigenvalue weighted by Crippen LogP contribution is -2.17. The third-order valence-corrected chi connectivity index (χ3v) is 4.39. The minimum atomic E-state index is 0.704. The maximum Gasteiger partial charge on any atom is 0.0991 e. The first-order chi connectivity index (χ1) is 10.8. The second-order valence-electron chi connectivity index (χ2n) is 5.75. The maximum atomic E-state index is 9.08. The lowest BCUT2D eigenvalue weighted by molar-refractivity contribution is 0.658. The molecule has 2 heterocycles. The van der Waals surface area contributed by atoms with Crippen LogP contribution in [0, 0.1) is 11.3 Å². The Morgan fingerprint density at radius 1 is 1.00 bits per heavy atom. The Hall–Kier alpha value is -2.57. The summed E-state index contributed by atoms with van der Waals surface area (Å²) in [6.45, 7) is 3.08. The normalized spacial score (nSPS) is 14.3. The highest BCUT2D eigenvalue weighted by molar-refractivity contribution is 5.86. The van der Waals surface area contributed by atoms with Gasteiger partial charge in [0.25, 0.3) is 0 Å². The van der Waals surface area contributed by atoms with Gasteiger partial charge in [0.05, 0.1) is 11.6 Å². The lowest BCUT2D eigenvalue weighted by Gasteiger charge is -2.08. The van der Waals surface area contributed by atoms with Crippen molar-refractivity contribution in [3.8, 4) is 17.2 Å². The number of nitrogens with one attached hydrogen (secondary N) is 1. The van der Waals surface area contributed by atoms with Gasteiger partial charge in [0.1, 0.15) is 0 Å². The van der Waals surface area contributed by atoms with Crippen molar-refractivity contribution >= 4 is 10.9 Å². The summed E-state index contributed by atoms with van der Waals surface area (Å²) in [5, 5.41) is 13.8. The predicted octanol–water partition coefficient (Wildman–Crippen LogP) is 3.33. The first kappa shape index (κ1) is 13.1. The van der Waals surface area contributed by atoms with Crippen molar-refractivity contribution in [1.82, 2.24) is 9.88 Å². The Morgan fingerprint density at radius 3 is 2.82 bits per heavy atom. The number of aromatic nitrogens is 1. The van der Waals surface area contributed by atoms with Crippen molar-refractivity contribution in [2.75, 3.05) is 13.1 Å². The predicted molar refractivity (Wildman–Crippen MR) is 88.7 cm³/mol. The zero-order chi connectivity index (χ0) is 14.9. The molecule has 0 aliphatic carbocycles. The number of hydrogen-bond acceptors (Lipinski definition) is 2. The number of benzene rings is 2. The number of fused-ring (bicyclic) bond motifs is 3. The molecule has 0 bridgehead atoms. The summed E-state index contributed by atoms with van der Waals surface area (Å²) < 4.78 is 2.42. The first-order valence-corrected chi connectivity index (χ1v) is 7.68. The molecule has 0 saturated carbocycles. The minimum Gasteiger partial charge on any atom is -0.343 e. The van der Waals surface area contributed by atoms with E-state index in [1.54, 1.807) is 0 Å². The Morgan fingerprint density at radius 2 is 1.91 bits per heavy atom. The average Bonchev–Trinajstić information content (AvgIpc) is 2.75. The van der Waals surface area contributed by atoms with Crippen LogP contribution in [0.2, 0.25) is 0 Å². The van der Waals surface area contributed by atoms with E-state index in [2.05, 4.69) is 46.3 Å². The molecular weight excluding hydrogens is 270 g/mol. The van der Waals surface area contributed by atoms with Gasteiger partial charge >= 0.3 is 0 Å². The molecule has 3 nitrogen and oxygen atoms in total. The maximum absolute atomic E-state index is 9.08. The summed E-state index contributed by atoms with van der Waals surface area (Å²) in [7, 11) is 0. The van der Waals surface area contributed by atoms with Gasteiger partial charge in [-0.2, -0.15) is 5.26 Å². The van der Waals surface area contributed by atoms with Gasteiger partial charge in [-0.25, -0.2) is 0 Å². The second-order valence-corrected chi connectivity index (χ2v) is 5.75. The van der Waals surface area contributed by atoms with Gasteiger partial charge in [0, 0.05) is 37.3 Å². The van der Waals surface area contributed by atoms with Gasteiger partial charge < -0.3 is 9.88 Å². The largest absolute Gasteiger partial charge is 0.343 e. The first-order valence-electron chi connectivity index (χ1n) is 7.68. The molecule has 108 valence electrons. The van der Waals surface area contributed by atoms with E-state index in [1.807, 2.05) is 18.2 Å². The Bertz CT molecular complexity index is 883. The number of nitriles is 1. The van der Waals surface area contributed by atoms with E-state index in [4.69, 9.17) is 5.26 Å². The molecule has 0 atom stereocenters. The van der Waals surface area contributed by atoms with Crippen molar-refractivity contribution in [3.63, 3.8) is 0 Å². The molecule has 1 aliphatic heterocycles. The topological polar surface area (TPSA) is 40.8 Å². The monoisotopic (exact) mass is 287 g/mol. The summed E-state index contributed by atoms with van der Waals surface area (Å²) in [6, 6.07) is 18.9. The van der Waals surface area contributed by atoms with E-state index in [0.29, 0.717) is 5.56 Å². The highest BCUT2D eigenvalue weighted by Gasteiger charge is 2.12. The lowest BCUT2D eigenvalue weighted by atomic mass is 10.0. The summed E-state index contributed by atoms with van der Waals surface area (Å²) in [6.07, 6.45) is 1.08. The van der Waals surface area contributed by atoms with Crippen molar-refractivity contribution in [2.24, 2.45) is 0 Å². The molecular formula is C19H17N3. The number of rotatable bonds is 1. The minimum absolute atomic E-state index is 0.704. The van der Waals surface area contributed by atoms with Gasteiger partial charge in [0.2, 0.25) is 0 Å². The third-order valence-electron chi connectivity index (χ3n) is 4.39. The molecule has 3 heteroatoms. The van der Waals surface area contributed by atoms with Gasteiger partial charge in [0.15, 0.2) is 0 Å². The molecule has 1 N–H and O–H groups in total. The van der Waals surface area contributed by atoms with Crippen LogP contribution in [0.25, 0.3) is 22.0 Å². The van der Waals surface area contributed by atoms with Crippen LogP contribution in [-0.2, 0) is 13.0 Å². The fourth-order valence-electron chi connectivity index (χ4n) is 3.26. The van der Waals surface area contributed by atoms with Crippen molar-refractivity contribution in [2.45, 2.75) is 13.0 Å². The van der Waals surface area contributed by atoms with Crippen LogP contribution in [0.5, 0.6) is 0 Å². The highest BCUT2D eigenvalue weighted by Crippen LogP contribution is 2.28. The summed E-state index contributed by atoms with van der Waals surface area (Å²) >= 11 is 0. The highest BCUT2D eigenvalue weighted by atomic mass is 15.0. The molecule has 0 radical (unpaired) electrons. The molecule has 1 aliphatic rings. The van der Waals surface area contributed by atoms with Gasteiger partial charge in [-0.1, -0.05) is 24.3 Å². The van der Waals surface area contributed by atoms with Gasteiger partial charge in [-0.05, 0) is 40.8 Å². The van der Waals surface area contributed by atoms with E-state index < -0.39 is 0 Å². The smallest absolute Gasteiger partial charge is 0.0991 e. The fourth-order valence-corrected chi connectivity index (χ4v) is 3.26. The molecule has 4 rings (SSSR count). The van der Waals surface area contributed by atoms with Crippen LogP contribution in [0.3, 0.4) is 0 Å². The molecule has 0 spiro atoms. The molecule has 1 aromatic heterocycles. The molecule has 0 saturated heterocycles. The standard InChI is InChI=1S/C19H17N3/c20-13-14-2-1-3-15(10-14)16-4-5-17-11-18-6-7-21-8-9-22(18)19(17)12-16/h1-5,10-12,21H,6-9H2. The van der Waals surface area contributed by atoms with E-state index >= 15 is 0 Å². The molecule has 22 heavy (non-hydrogen) atoms. The number of hydrogen-bond donors (Lipinski definition) is 1.